The first-order chi connectivity index (χ1) is 7.99. The number of fused-ring (bicyclic) bond motifs is 1. The van der Waals surface area contributed by atoms with E-state index in [-0.39, 0.29) is 5.92 Å². The van der Waals surface area contributed by atoms with Crippen LogP contribution in [0.25, 0.3) is 11.1 Å². The highest BCUT2D eigenvalue weighted by molar-refractivity contribution is 5.80. The number of carbonyl (C=O) groups is 1. The van der Waals surface area contributed by atoms with Crippen molar-refractivity contribution >= 4 is 17.1 Å². The topological polar surface area (TPSA) is 83.3 Å². The number of aliphatic carboxylic acids is 1. The highest BCUT2D eigenvalue weighted by atomic mass is 16.4. The summed E-state index contributed by atoms with van der Waals surface area (Å²) in [6, 6.07) is 4.94. The quantitative estimate of drug-likeness (QED) is 0.851. The van der Waals surface area contributed by atoms with Crippen molar-refractivity contribution in [3.63, 3.8) is 0 Å². The molecule has 2 N–H and O–H groups in total. The first-order valence-electron chi connectivity index (χ1n) is 5.34. The van der Waals surface area contributed by atoms with Gasteiger partial charge in [0.1, 0.15) is 0 Å². The molecule has 90 valence electrons. The lowest BCUT2D eigenvalue weighted by Crippen LogP contribution is -2.17. The number of hydrogen-bond donors (Lipinski definition) is 2. The molecule has 1 atom stereocenters. The van der Waals surface area contributed by atoms with Gasteiger partial charge in [0.05, 0.1) is 11.4 Å². The van der Waals surface area contributed by atoms with Crippen LogP contribution in [0, 0.1) is 5.92 Å². The molecule has 0 saturated heterocycles. The summed E-state index contributed by atoms with van der Waals surface area (Å²) >= 11 is 0. The van der Waals surface area contributed by atoms with E-state index >= 15 is 0 Å². The van der Waals surface area contributed by atoms with E-state index in [4.69, 9.17) is 4.42 Å². The smallest absolute Gasteiger partial charge is 0.417 e. The lowest BCUT2D eigenvalue weighted by atomic mass is 9.88. The fraction of sp³-hybridized carbons (Fsp3) is 0.333. The summed E-state index contributed by atoms with van der Waals surface area (Å²) in [5, 5.41) is 9.18. The average Bonchev–Trinajstić information content (AvgIpc) is 2.56. The van der Waals surface area contributed by atoms with Crippen molar-refractivity contribution in [2.24, 2.45) is 5.92 Å². The molecule has 0 aliphatic carbocycles. The van der Waals surface area contributed by atoms with Crippen LogP contribution in [0.15, 0.2) is 27.4 Å². The van der Waals surface area contributed by atoms with Gasteiger partial charge in [-0.3, -0.25) is 9.78 Å². The van der Waals surface area contributed by atoms with E-state index in [1.54, 1.807) is 18.2 Å². The molecule has 0 spiro atoms. The molecular weight excluding hydrogens is 222 g/mol. The number of H-pyrrole nitrogens is 1. The van der Waals surface area contributed by atoms with Gasteiger partial charge in [0, 0.05) is 0 Å². The SMILES string of the molecule is CC(C)C(C(=O)O)c1ccc2oc(=O)[nH]c2c1. The Hall–Kier alpha value is -2.04. The van der Waals surface area contributed by atoms with E-state index in [1.807, 2.05) is 13.8 Å². The zero-order chi connectivity index (χ0) is 12.6. The second kappa shape index (κ2) is 4.08. The summed E-state index contributed by atoms with van der Waals surface area (Å²) in [4.78, 5) is 24.7. The molecule has 1 aromatic carbocycles. The molecule has 0 fully saturated rings. The number of aromatic nitrogens is 1. The molecule has 1 heterocycles. The lowest BCUT2D eigenvalue weighted by molar-refractivity contribution is -0.139. The molecule has 1 unspecified atom stereocenters. The molecule has 1 aromatic heterocycles. The van der Waals surface area contributed by atoms with Crippen LogP contribution in [0.1, 0.15) is 25.3 Å². The minimum atomic E-state index is -0.870. The maximum atomic E-state index is 11.2. The van der Waals surface area contributed by atoms with Gasteiger partial charge in [-0.15, -0.1) is 0 Å². The lowest BCUT2D eigenvalue weighted by Gasteiger charge is -2.16. The summed E-state index contributed by atoms with van der Waals surface area (Å²) in [6.45, 7) is 3.70. The largest absolute Gasteiger partial charge is 0.481 e. The maximum absolute atomic E-state index is 11.2. The molecule has 5 heteroatoms. The molecule has 17 heavy (non-hydrogen) atoms. The Morgan fingerprint density at radius 3 is 2.71 bits per heavy atom. The third-order valence-electron chi connectivity index (χ3n) is 2.73. The molecule has 0 aliphatic rings. The van der Waals surface area contributed by atoms with Crippen molar-refractivity contribution < 1.29 is 14.3 Å². The standard InChI is InChI=1S/C12H13NO4/c1-6(2)10(11(14)15)7-3-4-9-8(5-7)13-12(16)17-9/h3-6,10H,1-2H3,(H,13,16)(H,14,15). The second-order valence-corrected chi connectivity index (χ2v) is 4.33. The Bertz CT molecular complexity index is 608. The maximum Gasteiger partial charge on any atom is 0.417 e. The molecule has 0 radical (unpaired) electrons. The van der Waals surface area contributed by atoms with Crippen LogP contribution in [0.4, 0.5) is 0 Å². The van der Waals surface area contributed by atoms with E-state index in [2.05, 4.69) is 4.98 Å². The van der Waals surface area contributed by atoms with Crippen molar-refractivity contribution in [3.8, 4) is 0 Å². The van der Waals surface area contributed by atoms with Crippen LogP contribution >= 0.6 is 0 Å². The van der Waals surface area contributed by atoms with Crippen LogP contribution in [-0.4, -0.2) is 16.1 Å². The van der Waals surface area contributed by atoms with E-state index in [1.165, 1.54) is 0 Å². The Kier molecular flexibility index (Phi) is 2.75. The average molecular weight is 235 g/mol. The van der Waals surface area contributed by atoms with Gasteiger partial charge in [0.2, 0.25) is 0 Å². The number of benzene rings is 1. The molecule has 2 rings (SSSR count). The number of aromatic amines is 1. The normalized spacial score (nSPS) is 13.1. The zero-order valence-corrected chi connectivity index (χ0v) is 9.56. The summed E-state index contributed by atoms with van der Waals surface area (Å²) in [5.41, 5.74) is 1.63. The Morgan fingerprint density at radius 1 is 1.41 bits per heavy atom. The van der Waals surface area contributed by atoms with Gasteiger partial charge in [-0.25, -0.2) is 4.79 Å². The number of rotatable bonds is 3. The van der Waals surface area contributed by atoms with Gasteiger partial charge in [-0.1, -0.05) is 19.9 Å². The van der Waals surface area contributed by atoms with Crippen LogP contribution in [0.5, 0.6) is 0 Å². The monoisotopic (exact) mass is 235 g/mol. The number of nitrogens with one attached hydrogen (secondary N) is 1. The summed E-state index contributed by atoms with van der Waals surface area (Å²) in [6.07, 6.45) is 0. The number of hydrogen-bond acceptors (Lipinski definition) is 3. The van der Waals surface area contributed by atoms with Gasteiger partial charge < -0.3 is 9.52 Å². The zero-order valence-electron chi connectivity index (χ0n) is 9.56. The Labute approximate surface area is 97.1 Å². The van der Waals surface area contributed by atoms with Crippen molar-refractivity contribution in [2.75, 3.05) is 0 Å². The van der Waals surface area contributed by atoms with Crippen molar-refractivity contribution in [3.05, 3.63) is 34.3 Å². The molecule has 0 amide bonds. The highest BCUT2D eigenvalue weighted by Crippen LogP contribution is 2.26. The fourth-order valence-corrected chi connectivity index (χ4v) is 1.98. The minimum absolute atomic E-state index is 0.0245. The predicted molar refractivity (Wildman–Crippen MR) is 62.0 cm³/mol. The molecule has 2 aromatic rings. The van der Waals surface area contributed by atoms with E-state index in [9.17, 15) is 14.7 Å². The minimum Gasteiger partial charge on any atom is -0.481 e. The molecule has 5 nitrogen and oxygen atoms in total. The first-order valence-corrected chi connectivity index (χ1v) is 5.34. The molecule has 0 bridgehead atoms. The Balaban J connectivity index is 2.54. The van der Waals surface area contributed by atoms with Crippen LogP contribution in [0.3, 0.4) is 0 Å². The first kappa shape index (κ1) is 11.4. The Morgan fingerprint density at radius 2 is 2.12 bits per heavy atom. The predicted octanol–water partition coefficient (Wildman–Crippen LogP) is 1.95. The molecular formula is C12H13NO4. The molecule has 0 aliphatic heterocycles. The van der Waals surface area contributed by atoms with Crippen molar-refractivity contribution in [1.29, 1.82) is 0 Å². The molecule has 0 saturated carbocycles. The van der Waals surface area contributed by atoms with Gasteiger partial charge in [-0.2, -0.15) is 0 Å². The van der Waals surface area contributed by atoms with Crippen LogP contribution in [0.2, 0.25) is 0 Å². The van der Waals surface area contributed by atoms with E-state index < -0.39 is 17.6 Å². The van der Waals surface area contributed by atoms with E-state index in [0.29, 0.717) is 16.7 Å². The second-order valence-electron chi connectivity index (χ2n) is 4.33. The number of oxazole rings is 1. The van der Waals surface area contributed by atoms with Gasteiger partial charge >= 0.3 is 11.7 Å². The summed E-state index contributed by atoms with van der Waals surface area (Å²) in [7, 11) is 0. The van der Waals surface area contributed by atoms with Gasteiger partial charge in [-0.05, 0) is 23.6 Å². The van der Waals surface area contributed by atoms with Crippen molar-refractivity contribution in [1.82, 2.24) is 4.98 Å². The van der Waals surface area contributed by atoms with E-state index in [0.717, 1.165) is 0 Å². The number of carboxylic acids is 1. The summed E-state index contributed by atoms with van der Waals surface area (Å²) in [5.74, 6) is -2.01. The van der Waals surface area contributed by atoms with Crippen LogP contribution < -0.4 is 5.76 Å². The summed E-state index contributed by atoms with van der Waals surface area (Å²) < 4.78 is 4.87. The van der Waals surface area contributed by atoms with Gasteiger partial charge in [0.25, 0.3) is 0 Å². The third-order valence-corrected chi connectivity index (χ3v) is 2.73. The third kappa shape index (κ3) is 2.08. The van der Waals surface area contributed by atoms with Crippen molar-refractivity contribution in [2.45, 2.75) is 19.8 Å². The fourth-order valence-electron chi connectivity index (χ4n) is 1.98. The number of carboxylic acid groups (broad SMARTS) is 1. The van der Waals surface area contributed by atoms with Gasteiger partial charge in [0.15, 0.2) is 5.58 Å². The van der Waals surface area contributed by atoms with Crippen LogP contribution in [-0.2, 0) is 4.79 Å². The highest BCUT2D eigenvalue weighted by Gasteiger charge is 2.24.